The van der Waals surface area contributed by atoms with Gasteiger partial charge in [-0.15, -0.1) is 0 Å². The second kappa shape index (κ2) is 6.52. The zero-order valence-corrected chi connectivity index (χ0v) is 11.0. The number of amides is 1. The predicted octanol–water partition coefficient (Wildman–Crippen LogP) is 3.64. The molecule has 0 heterocycles. The zero-order valence-electron chi connectivity index (χ0n) is 11.0. The number of halogens is 1. The van der Waals surface area contributed by atoms with Gasteiger partial charge in [0.15, 0.2) is 0 Å². The van der Waals surface area contributed by atoms with E-state index in [4.69, 9.17) is 4.74 Å². The molecule has 0 aliphatic carbocycles. The molecule has 0 spiro atoms. The summed E-state index contributed by atoms with van der Waals surface area (Å²) in [5.41, 5.74) is 0.916. The van der Waals surface area contributed by atoms with Crippen molar-refractivity contribution in [3.05, 3.63) is 66.2 Å². The first-order chi connectivity index (χ1) is 9.69. The van der Waals surface area contributed by atoms with Crippen LogP contribution >= 0.6 is 0 Å². The largest absolute Gasteiger partial charge is 0.497 e. The number of hydrogen-bond donors (Lipinski definition) is 1. The number of anilines is 1. The van der Waals surface area contributed by atoms with Crippen molar-refractivity contribution in [2.24, 2.45) is 0 Å². The lowest BCUT2D eigenvalue weighted by Crippen LogP contribution is -2.08. The Bertz CT molecular complexity index is 623. The number of hydrogen-bond acceptors (Lipinski definition) is 2. The summed E-state index contributed by atoms with van der Waals surface area (Å²) in [5.74, 6) is -0.594. The van der Waals surface area contributed by atoms with Crippen LogP contribution in [-0.4, -0.2) is 13.0 Å². The summed E-state index contributed by atoms with van der Waals surface area (Å²) < 4.78 is 19.0. The fourth-order valence-electron chi connectivity index (χ4n) is 1.67. The maximum atomic E-state index is 13.9. The molecule has 0 atom stereocenters. The molecular formula is C16H14FNO2. The Hall–Kier alpha value is -2.62. The van der Waals surface area contributed by atoms with Crippen LogP contribution in [0.15, 0.2) is 60.7 Å². The number of rotatable bonds is 4. The number of carbonyl (C=O) groups excluding carboxylic acids is 1. The summed E-state index contributed by atoms with van der Waals surface area (Å²) in [6, 6.07) is 15.4. The van der Waals surface area contributed by atoms with Gasteiger partial charge in [0.25, 0.3) is 5.91 Å². The monoisotopic (exact) mass is 271 g/mol. The molecule has 2 aromatic carbocycles. The molecule has 0 fully saturated rings. The van der Waals surface area contributed by atoms with Gasteiger partial charge in [0.2, 0.25) is 0 Å². The summed E-state index contributed by atoms with van der Waals surface area (Å²) in [5, 5.41) is 2.58. The molecule has 0 saturated heterocycles. The van der Waals surface area contributed by atoms with Gasteiger partial charge in [-0.3, -0.25) is 4.79 Å². The first-order valence-electron chi connectivity index (χ1n) is 6.06. The fraction of sp³-hybridized carbons (Fsp3) is 0.0625. The number of benzene rings is 2. The van der Waals surface area contributed by atoms with E-state index in [9.17, 15) is 9.18 Å². The minimum Gasteiger partial charge on any atom is -0.497 e. The first kappa shape index (κ1) is 13.8. The SMILES string of the molecule is COc1cccc(/C(F)=C\C(=O)Nc2ccccc2)c1. The Balaban J connectivity index is 2.11. The van der Waals surface area contributed by atoms with Crippen molar-refractivity contribution in [1.82, 2.24) is 0 Å². The van der Waals surface area contributed by atoms with Crippen LogP contribution in [0.3, 0.4) is 0 Å². The first-order valence-corrected chi connectivity index (χ1v) is 6.06. The Kier molecular flexibility index (Phi) is 4.50. The lowest BCUT2D eigenvalue weighted by Gasteiger charge is -2.03. The normalized spacial score (nSPS) is 11.0. The van der Waals surface area contributed by atoms with Crippen LogP contribution in [0.25, 0.3) is 5.83 Å². The average Bonchev–Trinajstić information content (AvgIpc) is 2.48. The maximum Gasteiger partial charge on any atom is 0.251 e. The van der Waals surface area contributed by atoms with E-state index in [0.717, 1.165) is 6.08 Å². The topological polar surface area (TPSA) is 38.3 Å². The summed E-state index contributed by atoms with van der Waals surface area (Å²) >= 11 is 0. The molecule has 102 valence electrons. The highest BCUT2D eigenvalue weighted by Crippen LogP contribution is 2.21. The van der Waals surface area contributed by atoms with E-state index >= 15 is 0 Å². The van der Waals surface area contributed by atoms with Crippen molar-refractivity contribution in [1.29, 1.82) is 0 Å². The van der Waals surface area contributed by atoms with Crippen LogP contribution in [0.5, 0.6) is 5.75 Å². The van der Waals surface area contributed by atoms with Gasteiger partial charge < -0.3 is 10.1 Å². The van der Waals surface area contributed by atoms with Crippen LogP contribution < -0.4 is 10.1 Å². The summed E-state index contributed by atoms with van der Waals surface area (Å²) in [6.45, 7) is 0. The van der Waals surface area contributed by atoms with Gasteiger partial charge in [0.05, 0.1) is 7.11 Å². The van der Waals surface area contributed by atoms with Crippen LogP contribution in [0, 0.1) is 0 Å². The molecule has 2 rings (SSSR count). The molecule has 0 saturated carbocycles. The predicted molar refractivity (Wildman–Crippen MR) is 77.2 cm³/mol. The molecule has 2 aromatic rings. The average molecular weight is 271 g/mol. The number of ether oxygens (including phenoxy) is 1. The second-order valence-electron chi connectivity index (χ2n) is 4.08. The highest BCUT2D eigenvalue weighted by Gasteiger charge is 2.05. The van der Waals surface area contributed by atoms with E-state index in [1.807, 2.05) is 6.07 Å². The van der Waals surface area contributed by atoms with Crippen molar-refractivity contribution in [3.8, 4) is 5.75 Å². The van der Waals surface area contributed by atoms with Crippen LogP contribution in [0.4, 0.5) is 10.1 Å². The van der Waals surface area contributed by atoms with Gasteiger partial charge in [0, 0.05) is 17.3 Å². The minimum absolute atomic E-state index is 0.299. The van der Waals surface area contributed by atoms with E-state index in [-0.39, 0.29) is 0 Å². The molecule has 1 N–H and O–H groups in total. The van der Waals surface area contributed by atoms with Crippen molar-refractivity contribution in [2.45, 2.75) is 0 Å². The molecule has 4 heteroatoms. The van der Waals surface area contributed by atoms with Crippen molar-refractivity contribution in [2.75, 3.05) is 12.4 Å². The van der Waals surface area contributed by atoms with Crippen molar-refractivity contribution >= 4 is 17.4 Å². The molecule has 0 aliphatic heterocycles. The Morgan fingerprint density at radius 2 is 1.90 bits per heavy atom. The summed E-state index contributed by atoms with van der Waals surface area (Å²) in [4.78, 5) is 11.7. The minimum atomic E-state index is -0.614. The molecule has 0 radical (unpaired) electrons. The van der Waals surface area contributed by atoms with Gasteiger partial charge in [-0.05, 0) is 24.3 Å². The molecule has 3 nitrogen and oxygen atoms in total. The van der Waals surface area contributed by atoms with Gasteiger partial charge in [-0.1, -0.05) is 30.3 Å². The van der Waals surface area contributed by atoms with E-state index in [0.29, 0.717) is 17.0 Å². The summed E-state index contributed by atoms with van der Waals surface area (Å²) in [7, 11) is 1.50. The van der Waals surface area contributed by atoms with E-state index in [1.165, 1.54) is 13.2 Å². The molecule has 20 heavy (non-hydrogen) atoms. The van der Waals surface area contributed by atoms with Gasteiger partial charge in [-0.25, -0.2) is 4.39 Å². The van der Waals surface area contributed by atoms with Gasteiger partial charge in [0.1, 0.15) is 11.6 Å². The fourth-order valence-corrected chi connectivity index (χ4v) is 1.67. The van der Waals surface area contributed by atoms with Crippen LogP contribution in [0.1, 0.15) is 5.56 Å². The lowest BCUT2D eigenvalue weighted by molar-refractivity contribution is -0.111. The quantitative estimate of drug-likeness (QED) is 0.862. The third kappa shape index (κ3) is 3.68. The molecule has 0 aliphatic rings. The zero-order chi connectivity index (χ0) is 14.4. The van der Waals surface area contributed by atoms with Gasteiger partial charge >= 0.3 is 0 Å². The lowest BCUT2D eigenvalue weighted by atomic mass is 10.2. The highest BCUT2D eigenvalue weighted by molar-refractivity contribution is 6.03. The third-order valence-electron chi connectivity index (χ3n) is 2.64. The number of methoxy groups -OCH3 is 1. The van der Waals surface area contributed by atoms with Crippen molar-refractivity contribution < 1.29 is 13.9 Å². The van der Waals surface area contributed by atoms with E-state index in [1.54, 1.807) is 42.5 Å². The smallest absolute Gasteiger partial charge is 0.251 e. The van der Waals surface area contributed by atoms with Crippen molar-refractivity contribution in [3.63, 3.8) is 0 Å². The second-order valence-corrected chi connectivity index (χ2v) is 4.08. The Labute approximate surface area is 116 Å². The molecule has 0 unspecified atom stereocenters. The number of para-hydroxylation sites is 1. The Morgan fingerprint density at radius 3 is 2.60 bits per heavy atom. The number of carbonyl (C=O) groups is 1. The van der Waals surface area contributed by atoms with Crippen LogP contribution in [-0.2, 0) is 4.79 Å². The van der Waals surface area contributed by atoms with E-state index in [2.05, 4.69) is 5.32 Å². The Morgan fingerprint density at radius 1 is 1.15 bits per heavy atom. The molecule has 1 amide bonds. The highest BCUT2D eigenvalue weighted by atomic mass is 19.1. The standard InChI is InChI=1S/C16H14FNO2/c1-20-14-9-5-6-12(10-14)15(17)11-16(19)18-13-7-3-2-4-8-13/h2-11H,1H3,(H,18,19)/b15-11+. The van der Waals surface area contributed by atoms with Gasteiger partial charge in [-0.2, -0.15) is 0 Å². The molecule has 0 bridgehead atoms. The van der Waals surface area contributed by atoms with Crippen LogP contribution in [0.2, 0.25) is 0 Å². The number of nitrogens with one attached hydrogen (secondary N) is 1. The maximum absolute atomic E-state index is 13.9. The third-order valence-corrected chi connectivity index (χ3v) is 2.64. The molecular weight excluding hydrogens is 257 g/mol. The summed E-state index contributed by atoms with van der Waals surface area (Å²) in [6.07, 6.45) is 0.918. The molecule has 0 aromatic heterocycles. The van der Waals surface area contributed by atoms with E-state index < -0.39 is 11.7 Å².